The number of halogens is 1. The third-order valence-electron chi connectivity index (χ3n) is 3.56. The zero-order valence-electron chi connectivity index (χ0n) is 11.0. The molecule has 1 aliphatic heterocycles. The Balaban J connectivity index is 1.82. The molecule has 1 fully saturated rings. The zero-order valence-corrected chi connectivity index (χ0v) is 12.6. The molecule has 1 aromatic carbocycles. The molecule has 1 unspecified atom stereocenters. The average molecular weight is 322 g/mol. The number of rotatable bonds is 2. The van der Waals surface area contributed by atoms with E-state index in [2.05, 4.69) is 15.3 Å². The molecule has 0 aliphatic carbocycles. The first kappa shape index (κ1) is 13.0. The van der Waals surface area contributed by atoms with Crippen LogP contribution in [0.5, 0.6) is 0 Å². The van der Waals surface area contributed by atoms with Crippen LogP contribution >= 0.6 is 22.9 Å². The summed E-state index contributed by atoms with van der Waals surface area (Å²) in [6.45, 7) is 1.44. The van der Waals surface area contributed by atoms with Crippen LogP contribution in [0.3, 0.4) is 0 Å². The van der Waals surface area contributed by atoms with E-state index in [-0.39, 0.29) is 5.92 Å². The van der Waals surface area contributed by atoms with E-state index < -0.39 is 0 Å². The van der Waals surface area contributed by atoms with Crippen LogP contribution in [0, 0.1) is 0 Å². The fourth-order valence-corrected chi connectivity index (χ4v) is 3.50. The molecule has 3 heterocycles. The highest BCUT2D eigenvalue weighted by Crippen LogP contribution is 2.33. The Bertz CT molecular complexity index is 808. The molecule has 0 spiro atoms. The SMILES string of the molecule is Nc1ccc(Cl)cc1-c1nn2c(C3CCOC3)nnc2s1. The summed E-state index contributed by atoms with van der Waals surface area (Å²) in [6.07, 6.45) is 0.951. The summed E-state index contributed by atoms with van der Waals surface area (Å²) in [6, 6.07) is 5.37. The molecule has 0 amide bonds. The molecule has 2 aromatic heterocycles. The van der Waals surface area contributed by atoms with Crippen molar-refractivity contribution in [2.45, 2.75) is 12.3 Å². The number of anilines is 1. The lowest BCUT2D eigenvalue weighted by molar-refractivity contribution is 0.193. The van der Waals surface area contributed by atoms with Crippen molar-refractivity contribution in [1.29, 1.82) is 0 Å². The summed E-state index contributed by atoms with van der Waals surface area (Å²) in [5.74, 6) is 1.11. The largest absolute Gasteiger partial charge is 0.398 e. The van der Waals surface area contributed by atoms with E-state index in [1.54, 1.807) is 16.6 Å². The maximum Gasteiger partial charge on any atom is 0.234 e. The van der Waals surface area contributed by atoms with Gasteiger partial charge in [0.25, 0.3) is 0 Å². The fourth-order valence-electron chi connectivity index (χ4n) is 2.45. The predicted octanol–water partition coefficient (Wildman–Crippen LogP) is 2.59. The van der Waals surface area contributed by atoms with Crippen molar-refractivity contribution in [2.24, 2.45) is 0 Å². The van der Waals surface area contributed by atoms with Crippen LogP contribution in [0.1, 0.15) is 18.2 Å². The number of hydrogen-bond donors (Lipinski definition) is 1. The molecule has 2 N–H and O–H groups in total. The molecular weight excluding hydrogens is 310 g/mol. The van der Waals surface area contributed by atoms with Gasteiger partial charge in [0, 0.05) is 28.8 Å². The van der Waals surface area contributed by atoms with Crippen LogP contribution in [-0.4, -0.2) is 33.0 Å². The monoisotopic (exact) mass is 321 g/mol. The molecular formula is C13H12ClN5OS. The number of nitrogens with zero attached hydrogens (tertiary/aromatic N) is 4. The van der Waals surface area contributed by atoms with Gasteiger partial charge in [0.15, 0.2) is 5.82 Å². The molecule has 8 heteroatoms. The minimum Gasteiger partial charge on any atom is -0.398 e. The summed E-state index contributed by atoms with van der Waals surface area (Å²) in [5.41, 5.74) is 7.49. The van der Waals surface area contributed by atoms with Crippen molar-refractivity contribution in [3.05, 3.63) is 29.0 Å². The quantitative estimate of drug-likeness (QED) is 0.734. The molecule has 1 aliphatic rings. The summed E-state index contributed by atoms with van der Waals surface area (Å²) in [4.78, 5) is 0.756. The van der Waals surface area contributed by atoms with Gasteiger partial charge in [0.1, 0.15) is 5.01 Å². The molecule has 3 aromatic rings. The molecule has 108 valence electrons. The third kappa shape index (κ3) is 2.17. The van der Waals surface area contributed by atoms with Gasteiger partial charge in [-0.3, -0.25) is 0 Å². The first-order valence-electron chi connectivity index (χ1n) is 6.57. The van der Waals surface area contributed by atoms with E-state index >= 15 is 0 Å². The molecule has 4 rings (SSSR count). The normalized spacial score (nSPS) is 18.6. The van der Waals surface area contributed by atoms with Gasteiger partial charge in [-0.2, -0.15) is 9.61 Å². The lowest BCUT2D eigenvalue weighted by Gasteiger charge is -2.03. The molecule has 0 bridgehead atoms. The van der Waals surface area contributed by atoms with Crippen molar-refractivity contribution < 1.29 is 4.74 Å². The van der Waals surface area contributed by atoms with Crippen molar-refractivity contribution >= 4 is 33.6 Å². The lowest BCUT2D eigenvalue weighted by Crippen LogP contribution is -2.04. The van der Waals surface area contributed by atoms with Crippen LogP contribution in [0.2, 0.25) is 5.02 Å². The number of aromatic nitrogens is 4. The average Bonchev–Trinajstić information content (AvgIpc) is 3.15. The first-order valence-corrected chi connectivity index (χ1v) is 7.77. The zero-order chi connectivity index (χ0) is 14.4. The van der Waals surface area contributed by atoms with Crippen molar-refractivity contribution in [2.75, 3.05) is 18.9 Å². The van der Waals surface area contributed by atoms with Crippen molar-refractivity contribution in [3.8, 4) is 10.6 Å². The number of nitrogen functional groups attached to an aromatic ring is 1. The summed E-state index contributed by atoms with van der Waals surface area (Å²) in [5, 5.41) is 14.5. The molecule has 1 saturated heterocycles. The highest BCUT2D eigenvalue weighted by atomic mass is 35.5. The van der Waals surface area contributed by atoms with Gasteiger partial charge in [0.05, 0.1) is 6.61 Å². The lowest BCUT2D eigenvalue weighted by atomic mass is 10.1. The summed E-state index contributed by atoms with van der Waals surface area (Å²) in [7, 11) is 0. The van der Waals surface area contributed by atoms with E-state index in [9.17, 15) is 0 Å². The van der Waals surface area contributed by atoms with E-state index in [0.717, 1.165) is 34.4 Å². The van der Waals surface area contributed by atoms with Gasteiger partial charge >= 0.3 is 0 Å². The van der Waals surface area contributed by atoms with Crippen LogP contribution in [0.25, 0.3) is 15.5 Å². The number of hydrogen-bond acceptors (Lipinski definition) is 6. The standard InChI is InChI=1S/C13H12ClN5OS/c14-8-1-2-10(15)9(5-8)12-18-19-11(7-3-4-20-6-7)16-17-13(19)21-12/h1-2,5,7H,3-4,6,15H2. The second-order valence-electron chi connectivity index (χ2n) is 4.95. The number of benzene rings is 1. The highest BCUT2D eigenvalue weighted by molar-refractivity contribution is 7.19. The van der Waals surface area contributed by atoms with Crippen LogP contribution in [0.15, 0.2) is 18.2 Å². The van der Waals surface area contributed by atoms with Crippen LogP contribution < -0.4 is 5.73 Å². The van der Waals surface area contributed by atoms with Crippen molar-refractivity contribution in [1.82, 2.24) is 19.8 Å². The molecule has 21 heavy (non-hydrogen) atoms. The fraction of sp³-hybridized carbons (Fsp3) is 0.308. The predicted molar refractivity (Wildman–Crippen MR) is 81.7 cm³/mol. The Morgan fingerprint density at radius 3 is 3.10 bits per heavy atom. The Morgan fingerprint density at radius 2 is 2.29 bits per heavy atom. The van der Waals surface area contributed by atoms with E-state index in [1.807, 2.05) is 6.07 Å². The molecule has 1 atom stereocenters. The maximum absolute atomic E-state index is 6.04. The number of ether oxygens (including phenoxy) is 1. The van der Waals surface area contributed by atoms with Crippen LogP contribution in [-0.2, 0) is 4.74 Å². The second-order valence-corrected chi connectivity index (χ2v) is 6.34. The van der Waals surface area contributed by atoms with E-state index in [1.165, 1.54) is 11.3 Å². The van der Waals surface area contributed by atoms with E-state index in [4.69, 9.17) is 22.1 Å². The third-order valence-corrected chi connectivity index (χ3v) is 4.72. The first-order chi connectivity index (χ1) is 10.2. The summed E-state index contributed by atoms with van der Waals surface area (Å²) < 4.78 is 7.20. The van der Waals surface area contributed by atoms with Gasteiger partial charge in [-0.05, 0) is 24.6 Å². The Labute approximate surface area is 129 Å². The smallest absolute Gasteiger partial charge is 0.234 e. The Kier molecular flexibility index (Phi) is 3.06. The highest BCUT2D eigenvalue weighted by Gasteiger charge is 2.25. The van der Waals surface area contributed by atoms with Gasteiger partial charge in [-0.25, -0.2) is 0 Å². The molecule has 0 radical (unpaired) electrons. The van der Waals surface area contributed by atoms with Gasteiger partial charge < -0.3 is 10.5 Å². The van der Waals surface area contributed by atoms with E-state index in [0.29, 0.717) is 17.3 Å². The minimum absolute atomic E-state index is 0.256. The van der Waals surface area contributed by atoms with Crippen LogP contribution in [0.4, 0.5) is 5.69 Å². The van der Waals surface area contributed by atoms with Gasteiger partial charge in [0.2, 0.25) is 4.96 Å². The number of fused-ring (bicyclic) bond motifs is 1. The van der Waals surface area contributed by atoms with Gasteiger partial charge in [-0.1, -0.05) is 22.9 Å². The number of nitrogens with two attached hydrogens (primary N) is 1. The molecule has 6 nitrogen and oxygen atoms in total. The van der Waals surface area contributed by atoms with Gasteiger partial charge in [-0.15, -0.1) is 10.2 Å². The molecule has 0 saturated carbocycles. The Hall–Kier alpha value is -1.70. The second kappa shape index (κ2) is 4.94. The Morgan fingerprint density at radius 1 is 1.38 bits per heavy atom. The summed E-state index contributed by atoms with van der Waals surface area (Å²) >= 11 is 7.50. The maximum atomic E-state index is 6.04. The van der Waals surface area contributed by atoms with Crippen molar-refractivity contribution in [3.63, 3.8) is 0 Å². The topological polar surface area (TPSA) is 78.3 Å². The minimum atomic E-state index is 0.256.